The minimum Gasteiger partial charge on any atom is -0.497 e. The molecule has 9 nitrogen and oxygen atoms in total. The molecule has 2 aromatic rings. The second-order valence-electron chi connectivity index (χ2n) is 7.53. The summed E-state index contributed by atoms with van der Waals surface area (Å²) in [4.78, 5) is 0. The molecule has 1 aliphatic rings. The van der Waals surface area contributed by atoms with E-state index >= 15 is 0 Å². The predicted molar refractivity (Wildman–Crippen MR) is 103 cm³/mol. The lowest BCUT2D eigenvalue weighted by atomic mass is 10.0. The fraction of sp³-hybridized carbons (Fsp3) is 0.550. The van der Waals surface area contributed by atoms with Crippen LogP contribution in [0.15, 0.2) is 18.2 Å². The van der Waals surface area contributed by atoms with Gasteiger partial charge in [-0.15, -0.1) is 5.10 Å². The minimum absolute atomic E-state index is 0.0305. The van der Waals surface area contributed by atoms with E-state index in [0.29, 0.717) is 16.9 Å². The second kappa shape index (κ2) is 8.86. The normalized spacial score (nSPS) is 26.8. The van der Waals surface area contributed by atoms with Crippen molar-refractivity contribution in [3.8, 4) is 11.6 Å². The molecule has 0 radical (unpaired) electrons. The smallest absolute Gasteiger partial charge is 0.239 e. The molecule has 0 amide bonds. The topological polar surface area (TPSA) is 126 Å². The third kappa shape index (κ3) is 4.28. The molecule has 1 aromatic heterocycles. The molecule has 10 heteroatoms. The molecule has 2 heterocycles. The summed E-state index contributed by atoms with van der Waals surface area (Å²) in [5.74, 6) is -0.00115. The first kappa shape index (κ1) is 22.4. The van der Waals surface area contributed by atoms with Gasteiger partial charge < -0.3 is 34.6 Å². The molecule has 5 atom stereocenters. The van der Waals surface area contributed by atoms with Crippen molar-refractivity contribution in [3.05, 3.63) is 40.8 Å². The summed E-state index contributed by atoms with van der Waals surface area (Å²) in [7, 11) is 1.45. The molecule has 30 heavy (non-hydrogen) atoms. The first-order valence-corrected chi connectivity index (χ1v) is 9.58. The first-order valence-electron chi connectivity index (χ1n) is 9.58. The quantitative estimate of drug-likeness (QED) is 0.530. The average molecular weight is 426 g/mol. The van der Waals surface area contributed by atoms with Gasteiger partial charge in [0, 0.05) is 29.8 Å². The van der Waals surface area contributed by atoms with Gasteiger partial charge in [-0.2, -0.15) is 0 Å². The van der Waals surface area contributed by atoms with Crippen LogP contribution in [-0.4, -0.2) is 68.2 Å². The van der Waals surface area contributed by atoms with E-state index < -0.39 is 36.7 Å². The summed E-state index contributed by atoms with van der Waals surface area (Å²) in [6.45, 7) is 5.64. The fourth-order valence-electron chi connectivity index (χ4n) is 3.35. The van der Waals surface area contributed by atoms with Gasteiger partial charge in [-0.3, -0.25) is 4.68 Å². The Bertz CT molecular complexity index is 888. The van der Waals surface area contributed by atoms with Crippen LogP contribution in [0.25, 0.3) is 0 Å². The van der Waals surface area contributed by atoms with Crippen LogP contribution < -0.4 is 9.47 Å². The van der Waals surface area contributed by atoms with Gasteiger partial charge in [0.1, 0.15) is 29.9 Å². The Labute approximate surface area is 173 Å². The van der Waals surface area contributed by atoms with E-state index in [1.165, 1.54) is 13.2 Å². The van der Waals surface area contributed by atoms with Crippen molar-refractivity contribution in [2.75, 3.05) is 7.11 Å². The zero-order valence-electron chi connectivity index (χ0n) is 17.2. The van der Waals surface area contributed by atoms with E-state index in [2.05, 4.69) is 5.10 Å². The number of rotatable bonds is 6. The molecule has 0 saturated carbocycles. The molecule has 0 unspecified atom stereocenters. The Hall–Kier alpha value is -2.24. The fourth-order valence-corrected chi connectivity index (χ4v) is 3.35. The van der Waals surface area contributed by atoms with E-state index in [4.69, 9.17) is 14.2 Å². The Kier molecular flexibility index (Phi) is 6.63. The molecule has 1 saturated heterocycles. The van der Waals surface area contributed by atoms with Crippen LogP contribution in [0.1, 0.15) is 36.7 Å². The number of aromatic nitrogens is 2. The van der Waals surface area contributed by atoms with E-state index in [1.54, 1.807) is 16.8 Å². The van der Waals surface area contributed by atoms with Crippen molar-refractivity contribution in [2.24, 2.45) is 0 Å². The number of hydrogen-bond acceptors (Lipinski definition) is 8. The predicted octanol–water partition coefficient (Wildman–Crippen LogP) is 0.647. The molecule has 3 rings (SSSR count). The largest absolute Gasteiger partial charge is 0.497 e. The number of nitrogens with zero attached hydrogens (tertiary/aromatic N) is 2. The average Bonchev–Trinajstić information content (AvgIpc) is 3.01. The summed E-state index contributed by atoms with van der Waals surface area (Å²) >= 11 is 0. The molecule has 1 aliphatic heterocycles. The lowest BCUT2D eigenvalue weighted by Crippen LogP contribution is -2.59. The summed E-state index contributed by atoms with van der Waals surface area (Å²) < 4.78 is 32.0. The zero-order valence-corrected chi connectivity index (χ0v) is 17.2. The molecule has 1 fully saturated rings. The molecule has 0 bridgehead atoms. The number of hydrogen-bond donors (Lipinski definition) is 4. The molecular weight excluding hydrogens is 399 g/mol. The van der Waals surface area contributed by atoms with Crippen LogP contribution in [0.4, 0.5) is 4.39 Å². The van der Waals surface area contributed by atoms with Crippen LogP contribution >= 0.6 is 0 Å². The lowest BCUT2D eigenvalue weighted by molar-refractivity contribution is -0.321. The summed E-state index contributed by atoms with van der Waals surface area (Å²) in [6, 6.07) is 4.49. The van der Waals surface area contributed by atoms with Gasteiger partial charge in [-0.25, -0.2) is 4.39 Å². The highest BCUT2D eigenvalue weighted by Gasteiger charge is 2.45. The van der Waals surface area contributed by atoms with E-state index in [0.717, 1.165) is 5.69 Å². The second-order valence-corrected chi connectivity index (χ2v) is 7.53. The van der Waals surface area contributed by atoms with Crippen molar-refractivity contribution in [3.63, 3.8) is 0 Å². The van der Waals surface area contributed by atoms with Crippen molar-refractivity contribution in [1.82, 2.24) is 9.78 Å². The highest BCUT2D eigenvalue weighted by molar-refractivity contribution is 5.39. The zero-order chi connectivity index (χ0) is 22.2. The van der Waals surface area contributed by atoms with Crippen LogP contribution in [0.3, 0.4) is 0 Å². The number of aliphatic hydroxyl groups is 4. The van der Waals surface area contributed by atoms with Crippen molar-refractivity contribution in [1.29, 1.82) is 0 Å². The SMILES string of the molecule is COc1ccc(Cc2c(O[C@@H]3O[C@H](O)[C@@H](O)[C@H](O)[C@H]3O)nn(C(C)C)c2C)c(F)c1. The molecular formula is C20H27FN2O7. The first-order chi connectivity index (χ1) is 14.1. The van der Waals surface area contributed by atoms with Gasteiger partial charge in [0.15, 0.2) is 6.29 Å². The summed E-state index contributed by atoms with van der Waals surface area (Å²) in [6.07, 6.45) is -8.06. The highest BCUT2D eigenvalue weighted by atomic mass is 19.1. The number of aliphatic hydroxyl groups excluding tert-OH is 4. The maximum Gasteiger partial charge on any atom is 0.239 e. The van der Waals surface area contributed by atoms with Crippen molar-refractivity contribution < 1.29 is 39.0 Å². The number of halogens is 1. The third-order valence-corrected chi connectivity index (χ3v) is 5.13. The Morgan fingerprint density at radius 1 is 1.17 bits per heavy atom. The van der Waals surface area contributed by atoms with E-state index in [9.17, 15) is 24.8 Å². The Morgan fingerprint density at radius 2 is 1.87 bits per heavy atom. The van der Waals surface area contributed by atoms with Gasteiger partial charge in [0.25, 0.3) is 0 Å². The van der Waals surface area contributed by atoms with Crippen molar-refractivity contribution in [2.45, 2.75) is 64.1 Å². The lowest BCUT2D eigenvalue weighted by Gasteiger charge is -2.37. The van der Waals surface area contributed by atoms with Gasteiger partial charge >= 0.3 is 0 Å². The van der Waals surface area contributed by atoms with Crippen molar-refractivity contribution >= 4 is 0 Å². The third-order valence-electron chi connectivity index (χ3n) is 5.13. The Morgan fingerprint density at radius 3 is 2.47 bits per heavy atom. The minimum atomic E-state index is -1.75. The molecule has 1 aromatic carbocycles. The van der Waals surface area contributed by atoms with E-state index in [1.807, 2.05) is 20.8 Å². The molecule has 4 N–H and O–H groups in total. The Balaban J connectivity index is 1.94. The maximum atomic E-state index is 14.5. The van der Waals surface area contributed by atoms with Crippen LogP contribution in [0.5, 0.6) is 11.6 Å². The van der Waals surface area contributed by atoms with Gasteiger partial charge in [-0.05, 0) is 32.4 Å². The summed E-state index contributed by atoms with van der Waals surface area (Å²) in [5, 5.41) is 43.8. The van der Waals surface area contributed by atoms with Gasteiger partial charge in [0.2, 0.25) is 12.2 Å². The van der Waals surface area contributed by atoms with Gasteiger partial charge in [0.05, 0.1) is 7.11 Å². The van der Waals surface area contributed by atoms with E-state index in [-0.39, 0.29) is 18.3 Å². The van der Waals surface area contributed by atoms with Crippen LogP contribution in [0.2, 0.25) is 0 Å². The molecule has 0 aliphatic carbocycles. The van der Waals surface area contributed by atoms with Crippen LogP contribution in [-0.2, 0) is 11.2 Å². The maximum absolute atomic E-state index is 14.5. The molecule has 0 spiro atoms. The van der Waals surface area contributed by atoms with Gasteiger partial charge in [-0.1, -0.05) is 6.07 Å². The number of benzene rings is 1. The molecule has 166 valence electrons. The summed E-state index contributed by atoms with van der Waals surface area (Å²) in [5.41, 5.74) is 1.66. The highest BCUT2D eigenvalue weighted by Crippen LogP contribution is 2.31. The number of methoxy groups -OCH3 is 1. The standard InChI is InChI=1S/C20H27FN2O7/c1-9(2)23-10(3)13(7-11-5-6-12(28-4)8-14(11)21)18(22-23)29-20-17(26)15(24)16(25)19(27)30-20/h5-6,8-9,15-17,19-20,24-27H,7H2,1-4H3/t15-,16-,17+,19-,20+/m0/s1. The van der Waals surface area contributed by atoms with Crippen LogP contribution in [0, 0.1) is 12.7 Å². The number of ether oxygens (including phenoxy) is 3. The monoisotopic (exact) mass is 426 g/mol.